The Bertz CT molecular complexity index is 868. The number of hydrogen-bond donors (Lipinski definition) is 1. The van der Waals surface area contributed by atoms with Crippen LogP contribution >= 0.6 is 0 Å². The predicted molar refractivity (Wildman–Crippen MR) is 82.1 cm³/mol. The van der Waals surface area contributed by atoms with Gasteiger partial charge >= 0.3 is 5.63 Å². The van der Waals surface area contributed by atoms with Crippen LogP contribution in [0.5, 0.6) is 5.75 Å². The van der Waals surface area contributed by atoms with Gasteiger partial charge in [0.25, 0.3) is 0 Å². The molecule has 3 aromatic rings. The first-order valence-electron chi connectivity index (χ1n) is 6.47. The molecule has 6 heteroatoms. The molecule has 0 amide bonds. The van der Waals surface area contributed by atoms with Crippen molar-refractivity contribution in [1.29, 1.82) is 0 Å². The summed E-state index contributed by atoms with van der Waals surface area (Å²) in [6, 6.07) is 12.8. The minimum atomic E-state index is -0.478. The van der Waals surface area contributed by atoms with E-state index < -0.39 is 5.63 Å². The van der Waals surface area contributed by atoms with E-state index in [1.807, 2.05) is 0 Å². The lowest BCUT2D eigenvalue weighted by Gasteiger charge is -2.21. The van der Waals surface area contributed by atoms with E-state index in [0.717, 1.165) is 5.39 Å². The van der Waals surface area contributed by atoms with E-state index in [0.29, 0.717) is 22.5 Å². The summed E-state index contributed by atoms with van der Waals surface area (Å²) in [6.45, 7) is 0. The van der Waals surface area contributed by atoms with Gasteiger partial charge in [-0.3, -0.25) is 5.21 Å². The monoisotopic (exact) mass is 298 g/mol. The van der Waals surface area contributed by atoms with E-state index in [1.165, 1.54) is 12.1 Å². The number of ether oxygens (including phenoxy) is 1. The summed E-state index contributed by atoms with van der Waals surface area (Å²) in [6.07, 6.45) is 0. The number of nitrogens with zero attached hydrogens (tertiary/aromatic N) is 1. The van der Waals surface area contributed by atoms with Gasteiger partial charge in [-0.2, -0.15) is 0 Å². The summed E-state index contributed by atoms with van der Waals surface area (Å²) in [7, 11) is 1.56. The van der Waals surface area contributed by atoms with Crippen LogP contribution in [-0.4, -0.2) is 12.3 Å². The molecule has 6 nitrogen and oxygen atoms in total. The van der Waals surface area contributed by atoms with Crippen LogP contribution < -0.4 is 15.6 Å². The molecule has 3 rings (SSSR count). The number of hydrogen-bond acceptors (Lipinski definition) is 6. The van der Waals surface area contributed by atoms with E-state index in [-0.39, 0.29) is 10.9 Å². The third-order valence-electron chi connectivity index (χ3n) is 3.34. The van der Waals surface area contributed by atoms with Gasteiger partial charge in [0.15, 0.2) is 0 Å². The Kier molecular flexibility index (Phi) is 3.54. The third-order valence-corrected chi connectivity index (χ3v) is 3.34. The van der Waals surface area contributed by atoms with Gasteiger partial charge in [-0.1, -0.05) is 12.1 Å². The average Bonchev–Trinajstić information content (AvgIpc) is 2.54. The zero-order chi connectivity index (χ0) is 15.7. The quantitative estimate of drug-likeness (QED) is 0.590. The summed E-state index contributed by atoms with van der Waals surface area (Å²) < 4.78 is 10.4. The molecule has 22 heavy (non-hydrogen) atoms. The Morgan fingerprint density at radius 1 is 1.14 bits per heavy atom. The summed E-state index contributed by atoms with van der Waals surface area (Å²) in [5.74, 6) is 0.657. The minimum absolute atomic E-state index is 0.0793. The maximum Gasteiger partial charge on any atom is 0.344 e. The van der Waals surface area contributed by atoms with Crippen molar-refractivity contribution in [3.8, 4) is 16.9 Å². The SMILES string of the molecule is COc1ccc2oc(=O)c(-c3ccc(N([O-])O)cc3)cc2c1. The van der Waals surface area contributed by atoms with Crippen LogP contribution in [0.2, 0.25) is 0 Å². The highest BCUT2D eigenvalue weighted by Crippen LogP contribution is 2.25. The van der Waals surface area contributed by atoms with Crippen molar-refractivity contribution in [2.75, 3.05) is 12.3 Å². The van der Waals surface area contributed by atoms with Crippen LogP contribution in [0.1, 0.15) is 0 Å². The van der Waals surface area contributed by atoms with Crippen molar-refractivity contribution < 1.29 is 14.4 Å². The van der Waals surface area contributed by atoms with Gasteiger partial charge in [-0.25, -0.2) is 4.79 Å². The first-order valence-corrected chi connectivity index (χ1v) is 6.47. The number of anilines is 1. The first kappa shape index (κ1) is 14.1. The topological polar surface area (TPSA) is 86.0 Å². The standard InChI is InChI=1S/C16H12NO5/c1-21-13-6-7-15-11(8-13)9-14(16(18)22-15)10-2-4-12(5-3-10)17(19)20/h2-9,19H,1H3/q-1. The number of benzene rings is 2. The summed E-state index contributed by atoms with van der Waals surface area (Å²) in [4.78, 5) is 12.1. The Hall–Kier alpha value is -2.83. The van der Waals surface area contributed by atoms with Crippen molar-refractivity contribution in [3.63, 3.8) is 0 Å². The molecule has 0 radical (unpaired) electrons. The lowest BCUT2D eigenvalue weighted by atomic mass is 10.1. The Morgan fingerprint density at radius 2 is 1.86 bits per heavy atom. The summed E-state index contributed by atoms with van der Waals surface area (Å²) in [5.41, 5.74) is 1.02. The molecule has 2 aromatic carbocycles. The number of methoxy groups -OCH3 is 1. The fourth-order valence-electron chi connectivity index (χ4n) is 2.20. The molecule has 0 fully saturated rings. The Labute approximate surface area is 125 Å². The second-order valence-corrected chi connectivity index (χ2v) is 4.67. The Morgan fingerprint density at radius 3 is 2.50 bits per heavy atom. The second kappa shape index (κ2) is 5.51. The van der Waals surface area contributed by atoms with Crippen molar-refractivity contribution in [1.82, 2.24) is 0 Å². The van der Waals surface area contributed by atoms with E-state index in [2.05, 4.69) is 0 Å². The molecule has 0 aliphatic carbocycles. The van der Waals surface area contributed by atoms with Gasteiger partial charge in [0, 0.05) is 5.39 Å². The maximum absolute atomic E-state index is 12.1. The summed E-state index contributed by atoms with van der Waals surface area (Å²) >= 11 is 0. The fourth-order valence-corrected chi connectivity index (χ4v) is 2.20. The second-order valence-electron chi connectivity index (χ2n) is 4.67. The Balaban J connectivity index is 2.13. The third kappa shape index (κ3) is 2.52. The molecule has 0 saturated carbocycles. The van der Waals surface area contributed by atoms with Crippen LogP contribution in [0, 0.1) is 5.21 Å². The molecule has 0 unspecified atom stereocenters. The molecule has 0 aliphatic heterocycles. The molecule has 1 N–H and O–H groups in total. The van der Waals surface area contributed by atoms with Crippen LogP contribution in [0.15, 0.2) is 57.7 Å². The molecular weight excluding hydrogens is 286 g/mol. The highest BCUT2D eigenvalue weighted by Gasteiger charge is 2.09. The maximum atomic E-state index is 12.1. The van der Waals surface area contributed by atoms with Gasteiger partial charge in [0.2, 0.25) is 0 Å². The molecule has 0 spiro atoms. The minimum Gasteiger partial charge on any atom is -0.733 e. The van der Waals surface area contributed by atoms with Crippen molar-refractivity contribution in [2.45, 2.75) is 0 Å². The number of fused-ring (bicyclic) bond motifs is 1. The van der Waals surface area contributed by atoms with Gasteiger partial charge in [-0.15, -0.1) is 0 Å². The molecular formula is C16H12NO5-. The molecule has 1 heterocycles. The molecule has 0 atom stereocenters. The van der Waals surface area contributed by atoms with Gasteiger partial charge in [-0.05, 0) is 42.0 Å². The van der Waals surface area contributed by atoms with Crippen LogP contribution in [0.4, 0.5) is 5.69 Å². The largest absolute Gasteiger partial charge is 0.733 e. The van der Waals surface area contributed by atoms with Gasteiger partial charge in [0.05, 0.1) is 18.4 Å². The highest BCUT2D eigenvalue weighted by molar-refractivity contribution is 5.83. The zero-order valence-electron chi connectivity index (χ0n) is 11.6. The van der Waals surface area contributed by atoms with E-state index >= 15 is 0 Å². The molecule has 1 aromatic heterocycles. The van der Waals surface area contributed by atoms with Gasteiger partial charge < -0.3 is 19.6 Å². The van der Waals surface area contributed by atoms with Gasteiger partial charge in [0.1, 0.15) is 11.3 Å². The number of rotatable bonds is 3. The van der Waals surface area contributed by atoms with Crippen LogP contribution in [-0.2, 0) is 0 Å². The lowest BCUT2D eigenvalue weighted by Crippen LogP contribution is -2.07. The average molecular weight is 298 g/mol. The normalized spacial score (nSPS) is 10.7. The first-order chi connectivity index (χ1) is 10.6. The fraction of sp³-hybridized carbons (Fsp3) is 0.0625. The smallest absolute Gasteiger partial charge is 0.344 e. The zero-order valence-corrected chi connectivity index (χ0v) is 11.6. The van der Waals surface area contributed by atoms with Crippen LogP contribution in [0.3, 0.4) is 0 Å². The van der Waals surface area contributed by atoms with E-state index in [4.69, 9.17) is 14.4 Å². The van der Waals surface area contributed by atoms with E-state index in [9.17, 15) is 10.0 Å². The summed E-state index contributed by atoms with van der Waals surface area (Å²) in [5, 5.41) is 20.1. The van der Waals surface area contributed by atoms with Crippen molar-refractivity contribution in [2.24, 2.45) is 0 Å². The lowest BCUT2D eigenvalue weighted by molar-refractivity contribution is 0.296. The predicted octanol–water partition coefficient (Wildman–Crippen LogP) is 3.16. The molecule has 0 bridgehead atoms. The molecule has 112 valence electrons. The van der Waals surface area contributed by atoms with Crippen LogP contribution in [0.25, 0.3) is 22.1 Å². The molecule has 0 aliphatic rings. The van der Waals surface area contributed by atoms with Crippen molar-refractivity contribution in [3.05, 3.63) is 64.2 Å². The van der Waals surface area contributed by atoms with Crippen molar-refractivity contribution >= 4 is 16.7 Å². The molecule has 0 saturated heterocycles. The highest BCUT2D eigenvalue weighted by atomic mass is 16.8. The van der Waals surface area contributed by atoms with E-state index in [1.54, 1.807) is 43.5 Å².